The molecule has 3 N–H and O–H groups in total. The van der Waals surface area contributed by atoms with Crippen LogP contribution in [0.3, 0.4) is 0 Å². The highest BCUT2D eigenvalue weighted by molar-refractivity contribution is 5.87. The number of nitrogens with two attached hydrogens (primary N) is 1. The van der Waals surface area contributed by atoms with Gasteiger partial charge in [-0.05, 0) is 31.0 Å². The van der Waals surface area contributed by atoms with Gasteiger partial charge in [-0.3, -0.25) is 9.97 Å². The lowest BCUT2D eigenvalue weighted by molar-refractivity contribution is 0.0348. The molecule has 3 heterocycles. The number of piperidine rings is 1. The summed E-state index contributed by atoms with van der Waals surface area (Å²) in [5.74, 6) is 0. The summed E-state index contributed by atoms with van der Waals surface area (Å²) in [7, 11) is 0. The van der Waals surface area contributed by atoms with Crippen LogP contribution >= 0.6 is 0 Å². The Balaban J connectivity index is 2.00. The topological polar surface area (TPSA) is 75.3 Å². The summed E-state index contributed by atoms with van der Waals surface area (Å²) in [6.45, 7) is 1.76. The first kappa shape index (κ1) is 12.3. The number of hydrogen-bond donors (Lipinski definition) is 2. The average Bonchev–Trinajstić information content (AvgIpc) is 2.47. The van der Waals surface area contributed by atoms with Crippen molar-refractivity contribution in [2.45, 2.75) is 18.4 Å². The van der Waals surface area contributed by atoms with Crippen LogP contribution in [0, 0.1) is 0 Å². The van der Waals surface area contributed by atoms with Crippen LogP contribution in [0.25, 0.3) is 11.0 Å². The summed E-state index contributed by atoms with van der Waals surface area (Å²) in [6, 6.07) is 5.79. The van der Waals surface area contributed by atoms with Crippen LogP contribution in [-0.4, -0.2) is 40.3 Å². The Bertz CT molecular complexity index is 583. The zero-order valence-electron chi connectivity index (χ0n) is 10.8. The number of aliphatic hydroxyl groups is 1. The van der Waals surface area contributed by atoms with Crippen LogP contribution in [0.2, 0.25) is 0 Å². The predicted octanol–water partition coefficient (Wildman–Crippen LogP) is 0.920. The van der Waals surface area contributed by atoms with Gasteiger partial charge in [-0.1, -0.05) is 0 Å². The SMILES string of the molecule is NCC1(O)CCCN(c2ccnc3cccnc23)C1. The molecular weight excluding hydrogens is 240 g/mol. The lowest BCUT2D eigenvalue weighted by Crippen LogP contribution is -2.52. The third-order valence-corrected chi connectivity index (χ3v) is 3.75. The van der Waals surface area contributed by atoms with Crippen molar-refractivity contribution in [1.29, 1.82) is 0 Å². The molecule has 1 fully saturated rings. The smallest absolute Gasteiger partial charge is 0.112 e. The molecule has 2 aromatic rings. The summed E-state index contributed by atoms with van der Waals surface area (Å²) in [6.07, 6.45) is 5.25. The van der Waals surface area contributed by atoms with Crippen LogP contribution < -0.4 is 10.6 Å². The van der Waals surface area contributed by atoms with Crippen molar-refractivity contribution in [2.75, 3.05) is 24.5 Å². The number of aromatic nitrogens is 2. The summed E-state index contributed by atoms with van der Waals surface area (Å²) in [5, 5.41) is 10.4. The molecule has 0 aliphatic carbocycles. The van der Waals surface area contributed by atoms with E-state index >= 15 is 0 Å². The van der Waals surface area contributed by atoms with E-state index in [-0.39, 0.29) is 0 Å². The van der Waals surface area contributed by atoms with E-state index in [1.165, 1.54) is 0 Å². The molecule has 1 aliphatic heterocycles. The van der Waals surface area contributed by atoms with Crippen molar-refractivity contribution in [3.63, 3.8) is 0 Å². The summed E-state index contributed by atoms with van der Waals surface area (Å²) in [5.41, 5.74) is 7.68. The maximum absolute atomic E-state index is 10.4. The van der Waals surface area contributed by atoms with E-state index in [1.807, 2.05) is 18.2 Å². The van der Waals surface area contributed by atoms with Gasteiger partial charge in [-0.25, -0.2) is 0 Å². The molecule has 0 spiro atoms. The van der Waals surface area contributed by atoms with Gasteiger partial charge in [0.25, 0.3) is 0 Å². The van der Waals surface area contributed by atoms with E-state index < -0.39 is 5.60 Å². The van der Waals surface area contributed by atoms with Crippen molar-refractivity contribution < 1.29 is 5.11 Å². The molecule has 3 rings (SSSR count). The normalized spacial score (nSPS) is 23.8. The van der Waals surface area contributed by atoms with Gasteiger partial charge in [-0.2, -0.15) is 0 Å². The maximum atomic E-state index is 10.4. The Morgan fingerprint density at radius 2 is 2.21 bits per heavy atom. The van der Waals surface area contributed by atoms with Crippen LogP contribution in [-0.2, 0) is 0 Å². The van der Waals surface area contributed by atoms with Gasteiger partial charge in [0.1, 0.15) is 5.52 Å². The zero-order valence-corrected chi connectivity index (χ0v) is 10.8. The highest BCUT2D eigenvalue weighted by Gasteiger charge is 2.32. The molecule has 1 aliphatic rings. The molecule has 2 aromatic heterocycles. The molecule has 0 bridgehead atoms. The Morgan fingerprint density at radius 3 is 3.05 bits per heavy atom. The fraction of sp³-hybridized carbons (Fsp3) is 0.429. The van der Waals surface area contributed by atoms with Crippen LogP contribution in [0.15, 0.2) is 30.6 Å². The Labute approximate surface area is 112 Å². The van der Waals surface area contributed by atoms with E-state index in [9.17, 15) is 5.11 Å². The Kier molecular flexibility index (Phi) is 3.08. The minimum absolute atomic E-state index is 0.292. The van der Waals surface area contributed by atoms with E-state index in [0.717, 1.165) is 36.1 Å². The number of nitrogens with zero attached hydrogens (tertiary/aromatic N) is 3. The summed E-state index contributed by atoms with van der Waals surface area (Å²) >= 11 is 0. The first-order chi connectivity index (χ1) is 9.22. The first-order valence-electron chi connectivity index (χ1n) is 6.59. The minimum atomic E-state index is -0.789. The van der Waals surface area contributed by atoms with Crippen molar-refractivity contribution in [1.82, 2.24) is 9.97 Å². The molecule has 1 unspecified atom stereocenters. The number of anilines is 1. The largest absolute Gasteiger partial charge is 0.387 e. The van der Waals surface area contributed by atoms with Gasteiger partial charge < -0.3 is 15.7 Å². The molecule has 0 amide bonds. The highest BCUT2D eigenvalue weighted by Crippen LogP contribution is 2.29. The third kappa shape index (κ3) is 2.27. The molecule has 5 heteroatoms. The minimum Gasteiger partial charge on any atom is -0.387 e. The van der Waals surface area contributed by atoms with E-state index in [1.54, 1.807) is 12.4 Å². The van der Waals surface area contributed by atoms with Gasteiger partial charge in [0, 0.05) is 32.0 Å². The predicted molar refractivity (Wildman–Crippen MR) is 75.0 cm³/mol. The standard InChI is InChI=1S/C14H18N4O/c15-9-14(19)5-2-8-18(10-14)12-4-7-16-11-3-1-6-17-13(11)12/h1,3-4,6-7,19H,2,5,8-10,15H2. The Hall–Kier alpha value is -1.72. The summed E-state index contributed by atoms with van der Waals surface area (Å²) < 4.78 is 0. The van der Waals surface area contributed by atoms with Crippen molar-refractivity contribution in [2.24, 2.45) is 5.73 Å². The molecule has 100 valence electrons. The van der Waals surface area contributed by atoms with Crippen molar-refractivity contribution >= 4 is 16.7 Å². The molecule has 0 saturated carbocycles. The van der Waals surface area contributed by atoms with Crippen molar-refractivity contribution in [3.05, 3.63) is 30.6 Å². The lowest BCUT2D eigenvalue weighted by atomic mass is 9.92. The van der Waals surface area contributed by atoms with Gasteiger partial charge >= 0.3 is 0 Å². The van der Waals surface area contributed by atoms with Crippen LogP contribution in [0.1, 0.15) is 12.8 Å². The second-order valence-electron chi connectivity index (χ2n) is 5.15. The fourth-order valence-electron chi connectivity index (χ4n) is 2.71. The average molecular weight is 258 g/mol. The fourth-order valence-corrected chi connectivity index (χ4v) is 2.71. The second kappa shape index (κ2) is 4.75. The highest BCUT2D eigenvalue weighted by atomic mass is 16.3. The number of hydrogen-bond acceptors (Lipinski definition) is 5. The molecule has 0 radical (unpaired) electrons. The zero-order chi connectivity index (χ0) is 13.3. The Morgan fingerprint density at radius 1 is 1.32 bits per heavy atom. The molecule has 19 heavy (non-hydrogen) atoms. The van der Waals surface area contributed by atoms with Gasteiger partial charge in [0.15, 0.2) is 0 Å². The second-order valence-corrected chi connectivity index (χ2v) is 5.15. The molecule has 5 nitrogen and oxygen atoms in total. The van der Waals surface area contributed by atoms with Gasteiger partial charge in [-0.15, -0.1) is 0 Å². The lowest BCUT2D eigenvalue weighted by Gasteiger charge is -2.39. The number of fused-ring (bicyclic) bond motifs is 1. The molecule has 1 atom stereocenters. The van der Waals surface area contributed by atoms with Gasteiger partial charge in [0.2, 0.25) is 0 Å². The van der Waals surface area contributed by atoms with Crippen LogP contribution in [0.4, 0.5) is 5.69 Å². The number of rotatable bonds is 2. The number of pyridine rings is 2. The third-order valence-electron chi connectivity index (χ3n) is 3.75. The van der Waals surface area contributed by atoms with E-state index in [4.69, 9.17) is 5.73 Å². The molecule has 0 aromatic carbocycles. The van der Waals surface area contributed by atoms with E-state index in [0.29, 0.717) is 13.1 Å². The summed E-state index contributed by atoms with van der Waals surface area (Å²) in [4.78, 5) is 10.9. The monoisotopic (exact) mass is 258 g/mol. The quantitative estimate of drug-likeness (QED) is 0.837. The van der Waals surface area contributed by atoms with Crippen LogP contribution in [0.5, 0.6) is 0 Å². The first-order valence-corrected chi connectivity index (χ1v) is 6.59. The van der Waals surface area contributed by atoms with E-state index in [2.05, 4.69) is 14.9 Å². The number of β-amino-alcohol motifs (C(OH)–C–C–N with tert-alkyl or cyclic N) is 1. The maximum Gasteiger partial charge on any atom is 0.112 e. The molecule has 1 saturated heterocycles. The van der Waals surface area contributed by atoms with Crippen molar-refractivity contribution in [3.8, 4) is 0 Å². The molecular formula is C14H18N4O. The van der Waals surface area contributed by atoms with Gasteiger partial charge in [0.05, 0.1) is 16.8 Å².